The van der Waals surface area contributed by atoms with Gasteiger partial charge in [0.2, 0.25) is 0 Å². The molecule has 0 atom stereocenters. The molecule has 24 heavy (non-hydrogen) atoms. The van der Waals surface area contributed by atoms with Crippen LogP contribution in [0.4, 0.5) is 0 Å². The van der Waals surface area contributed by atoms with Crippen LogP contribution in [0, 0.1) is 0 Å². The highest BCUT2D eigenvalue weighted by atomic mass is 35.5. The molecular weight excluding hydrogens is 381 g/mol. The van der Waals surface area contributed by atoms with Gasteiger partial charge in [-0.15, -0.1) is 0 Å². The van der Waals surface area contributed by atoms with Crippen molar-refractivity contribution in [1.29, 1.82) is 0 Å². The Kier molecular flexibility index (Phi) is 6.99. The van der Waals surface area contributed by atoms with E-state index in [4.69, 9.17) is 27.8 Å². The van der Waals surface area contributed by atoms with Crippen molar-refractivity contribution < 1.29 is 18.1 Å². The van der Waals surface area contributed by atoms with E-state index in [0.717, 1.165) is 6.54 Å². The largest absolute Gasteiger partial charge is 0.504 e. The van der Waals surface area contributed by atoms with E-state index >= 15 is 0 Å². The van der Waals surface area contributed by atoms with E-state index in [1.54, 1.807) is 7.05 Å². The van der Waals surface area contributed by atoms with Crippen molar-refractivity contribution in [3.8, 4) is 5.75 Å². The van der Waals surface area contributed by atoms with E-state index in [-0.39, 0.29) is 32.3 Å². The normalized spacial score (nSPS) is 11.2. The van der Waals surface area contributed by atoms with Gasteiger partial charge in [0.25, 0.3) is 15.7 Å². The van der Waals surface area contributed by atoms with Gasteiger partial charge in [0.1, 0.15) is 11.3 Å². The second-order valence-corrected chi connectivity index (χ2v) is 7.10. The van der Waals surface area contributed by atoms with E-state index in [2.05, 4.69) is 10.3 Å². The molecule has 1 aromatic heterocycles. The molecule has 0 saturated carbocycles. The average Bonchev–Trinajstić information content (AvgIpc) is 2.44. The summed E-state index contributed by atoms with van der Waals surface area (Å²) in [7, 11) is -2.05. The molecule has 1 heterocycles. The molecule has 1 aromatic carbocycles. The number of aromatic nitrogens is 2. The van der Waals surface area contributed by atoms with Crippen LogP contribution in [0.3, 0.4) is 0 Å². The Morgan fingerprint density at radius 3 is 2.38 bits per heavy atom. The van der Waals surface area contributed by atoms with Crippen LogP contribution in [0.15, 0.2) is 10.9 Å². The molecule has 2 aromatic rings. The highest BCUT2D eigenvalue weighted by Gasteiger charge is 2.16. The molecule has 0 radical (unpaired) electrons. The number of halogens is 2. The van der Waals surface area contributed by atoms with Gasteiger partial charge in [0, 0.05) is 7.05 Å². The van der Waals surface area contributed by atoms with Crippen molar-refractivity contribution in [3.05, 3.63) is 32.3 Å². The SMILES string of the molecule is CCNCc1nc2c(O)c(Cl)cc(Cl)c2c(=O)n1C.CS(=O)(=O)O. The van der Waals surface area contributed by atoms with Crippen LogP contribution in [-0.4, -0.2) is 40.4 Å². The highest BCUT2D eigenvalue weighted by molar-refractivity contribution is 7.85. The van der Waals surface area contributed by atoms with Crippen molar-refractivity contribution in [2.75, 3.05) is 12.8 Å². The molecule has 0 unspecified atom stereocenters. The number of rotatable bonds is 3. The Labute approximate surface area is 148 Å². The fraction of sp³-hybridized carbons (Fsp3) is 0.385. The molecule has 2 rings (SSSR count). The summed E-state index contributed by atoms with van der Waals surface area (Å²) in [6, 6.07) is 1.34. The van der Waals surface area contributed by atoms with Crippen LogP contribution in [0.2, 0.25) is 10.0 Å². The number of hydrogen-bond donors (Lipinski definition) is 3. The van der Waals surface area contributed by atoms with E-state index in [1.807, 2.05) is 6.92 Å². The fourth-order valence-electron chi connectivity index (χ4n) is 1.79. The number of hydrogen-bond acceptors (Lipinski definition) is 6. The summed E-state index contributed by atoms with van der Waals surface area (Å²) < 4.78 is 27.3. The van der Waals surface area contributed by atoms with Crippen LogP contribution in [0.1, 0.15) is 12.7 Å². The molecule has 0 aliphatic rings. The Bertz CT molecular complexity index is 904. The molecule has 134 valence electrons. The maximum Gasteiger partial charge on any atom is 0.262 e. The minimum atomic E-state index is -3.67. The summed E-state index contributed by atoms with van der Waals surface area (Å²) in [5.74, 6) is 0.282. The first kappa shape index (κ1) is 20.7. The first-order valence-electron chi connectivity index (χ1n) is 6.67. The van der Waals surface area contributed by atoms with E-state index in [0.29, 0.717) is 18.6 Å². The lowest BCUT2D eigenvalue weighted by Crippen LogP contribution is -2.26. The second kappa shape index (κ2) is 8.13. The molecule has 8 nitrogen and oxygen atoms in total. The zero-order chi connectivity index (χ0) is 18.7. The van der Waals surface area contributed by atoms with Crippen molar-refractivity contribution in [2.45, 2.75) is 13.5 Å². The van der Waals surface area contributed by atoms with Crippen LogP contribution in [0.5, 0.6) is 5.75 Å². The first-order chi connectivity index (χ1) is 11.0. The Morgan fingerprint density at radius 1 is 1.33 bits per heavy atom. The molecule has 0 bridgehead atoms. The molecular formula is C13H17Cl2N3O5S. The van der Waals surface area contributed by atoms with Gasteiger partial charge in [-0.25, -0.2) is 4.98 Å². The minimum absolute atomic E-state index is 0.0765. The molecule has 0 aliphatic heterocycles. The number of phenols is 1. The summed E-state index contributed by atoms with van der Waals surface area (Å²) in [6.45, 7) is 3.11. The minimum Gasteiger partial charge on any atom is -0.504 e. The quantitative estimate of drug-likeness (QED) is 0.671. The lowest BCUT2D eigenvalue weighted by molar-refractivity contribution is 0.479. The molecule has 3 N–H and O–H groups in total. The van der Waals surface area contributed by atoms with Gasteiger partial charge in [-0.1, -0.05) is 30.1 Å². The highest BCUT2D eigenvalue weighted by Crippen LogP contribution is 2.34. The Hall–Kier alpha value is -1.39. The lowest BCUT2D eigenvalue weighted by Gasteiger charge is -2.11. The van der Waals surface area contributed by atoms with Crippen molar-refractivity contribution >= 4 is 44.2 Å². The molecule has 0 aliphatic carbocycles. The Balaban J connectivity index is 0.000000505. The smallest absolute Gasteiger partial charge is 0.262 e. The van der Waals surface area contributed by atoms with Gasteiger partial charge in [0.05, 0.1) is 28.2 Å². The fourth-order valence-corrected chi connectivity index (χ4v) is 2.33. The van der Waals surface area contributed by atoms with Gasteiger partial charge in [-0.05, 0) is 12.6 Å². The topological polar surface area (TPSA) is 122 Å². The predicted octanol–water partition coefficient (Wildman–Crippen LogP) is 1.56. The van der Waals surface area contributed by atoms with Crippen LogP contribution in [-0.2, 0) is 23.7 Å². The maximum absolute atomic E-state index is 12.3. The number of nitrogens with zero attached hydrogens (tertiary/aromatic N) is 2. The van der Waals surface area contributed by atoms with Gasteiger partial charge in [0.15, 0.2) is 5.75 Å². The zero-order valence-corrected chi connectivity index (χ0v) is 15.5. The predicted molar refractivity (Wildman–Crippen MR) is 93.5 cm³/mol. The molecule has 0 fully saturated rings. The van der Waals surface area contributed by atoms with Crippen LogP contribution in [0.25, 0.3) is 10.9 Å². The summed E-state index contributed by atoms with van der Waals surface area (Å²) in [5.41, 5.74) is -0.177. The molecule has 11 heteroatoms. The standard InChI is InChI=1S/C12H13Cl2N3O2.CH4O3S/c1-3-15-5-8-16-10-9(12(19)17(8)2)6(13)4-7(14)11(10)18;1-5(2,3)4/h4,15,18H,3,5H2,1-2H3;1H3,(H,2,3,4). The monoisotopic (exact) mass is 397 g/mol. The number of aromatic hydroxyl groups is 1. The van der Waals surface area contributed by atoms with Crippen molar-refractivity contribution in [1.82, 2.24) is 14.9 Å². The van der Waals surface area contributed by atoms with Gasteiger partial charge < -0.3 is 10.4 Å². The summed E-state index contributed by atoms with van der Waals surface area (Å²) in [5, 5.41) is 13.4. The summed E-state index contributed by atoms with van der Waals surface area (Å²) in [6.07, 6.45) is 0.715. The van der Waals surface area contributed by atoms with Gasteiger partial charge >= 0.3 is 0 Å². The van der Waals surface area contributed by atoms with E-state index in [9.17, 15) is 18.3 Å². The van der Waals surface area contributed by atoms with Crippen LogP contribution >= 0.6 is 23.2 Å². The second-order valence-electron chi connectivity index (χ2n) is 4.82. The third-order valence-electron chi connectivity index (χ3n) is 2.86. The summed E-state index contributed by atoms with van der Waals surface area (Å²) >= 11 is 11.8. The molecule has 0 saturated heterocycles. The maximum atomic E-state index is 12.3. The number of nitrogens with one attached hydrogen (secondary N) is 1. The lowest BCUT2D eigenvalue weighted by atomic mass is 10.2. The number of benzene rings is 1. The van der Waals surface area contributed by atoms with Crippen molar-refractivity contribution in [2.24, 2.45) is 7.05 Å². The summed E-state index contributed by atoms with van der Waals surface area (Å²) in [4.78, 5) is 16.5. The molecule has 0 amide bonds. The Morgan fingerprint density at radius 2 is 1.88 bits per heavy atom. The van der Waals surface area contributed by atoms with Gasteiger partial charge in [-0.3, -0.25) is 13.9 Å². The zero-order valence-electron chi connectivity index (χ0n) is 13.2. The third kappa shape index (κ3) is 5.32. The average molecular weight is 398 g/mol. The van der Waals surface area contributed by atoms with Gasteiger partial charge in [-0.2, -0.15) is 8.42 Å². The van der Waals surface area contributed by atoms with Crippen molar-refractivity contribution in [3.63, 3.8) is 0 Å². The first-order valence-corrected chi connectivity index (χ1v) is 9.27. The number of phenolic OH excluding ortho intramolecular Hbond substituents is 1. The number of fused-ring (bicyclic) bond motifs is 1. The van der Waals surface area contributed by atoms with E-state index < -0.39 is 10.1 Å². The molecule has 0 spiro atoms. The van der Waals surface area contributed by atoms with Crippen LogP contribution < -0.4 is 10.9 Å². The van der Waals surface area contributed by atoms with E-state index in [1.165, 1.54) is 10.6 Å². The third-order valence-corrected chi connectivity index (χ3v) is 3.45.